The number of nitrogens with two attached hydrogens (primary N) is 1. The molecule has 1 aromatic carbocycles. The molecular weight excluding hydrogens is 444 g/mol. The SMILES string of the molecule is COc1ccc(CC(=O)N=C(N)N[C@H](C)CC(C)C)cc1OC.O=C(O)NC1CCSCC1. The van der Waals surface area contributed by atoms with Gasteiger partial charge in [-0.05, 0) is 61.3 Å². The number of nitrogens with one attached hydrogen (secondary N) is 2. The van der Waals surface area contributed by atoms with Gasteiger partial charge in [-0.2, -0.15) is 16.8 Å². The lowest BCUT2D eigenvalue weighted by Crippen LogP contribution is -2.39. The summed E-state index contributed by atoms with van der Waals surface area (Å²) in [4.78, 5) is 26.0. The van der Waals surface area contributed by atoms with Gasteiger partial charge in [-0.1, -0.05) is 19.9 Å². The number of carbonyl (C=O) groups is 2. The molecule has 33 heavy (non-hydrogen) atoms. The zero-order valence-corrected chi connectivity index (χ0v) is 21.0. The molecule has 1 aromatic rings. The molecule has 0 radical (unpaired) electrons. The van der Waals surface area contributed by atoms with E-state index in [0.29, 0.717) is 17.4 Å². The standard InChI is InChI=1S/C17H27N3O3.C6H11NO2S/c1-11(2)8-12(3)19-17(18)20-16(21)10-13-6-7-14(22-4)15(9-13)23-5;8-6(9)7-5-1-3-10-4-2-5/h6-7,9,11-12H,8,10H2,1-5H3,(H3,18,19,20,21);5,7H,1-4H2,(H,8,9)/t12-;/m1./s1. The molecule has 1 fully saturated rings. The lowest BCUT2D eigenvalue weighted by Gasteiger charge is -2.20. The van der Waals surface area contributed by atoms with Crippen LogP contribution in [0.25, 0.3) is 0 Å². The molecule has 10 heteroatoms. The number of ether oxygens (including phenoxy) is 2. The third-order valence-corrected chi connectivity index (χ3v) is 5.87. The topological polar surface area (TPSA) is 135 Å². The fraction of sp³-hybridized carbons (Fsp3) is 0.609. The molecule has 0 unspecified atom stereocenters. The van der Waals surface area contributed by atoms with Gasteiger partial charge in [-0.15, -0.1) is 0 Å². The number of nitrogens with zero attached hydrogens (tertiary/aromatic N) is 1. The average Bonchev–Trinajstić information content (AvgIpc) is 2.73. The van der Waals surface area contributed by atoms with Crippen LogP contribution >= 0.6 is 11.8 Å². The Balaban J connectivity index is 0.000000451. The van der Waals surface area contributed by atoms with Gasteiger partial charge >= 0.3 is 6.09 Å². The minimum absolute atomic E-state index is 0.154. The fourth-order valence-electron chi connectivity index (χ4n) is 3.41. The van der Waals surface area contributed by atoms with Gasteiger partial charge in [-0.3, -0.25) is 4.79 Å². The molecule has 0 bridgehead atoms. The van der Waals surface area contributed by atoms with E-state index in [4.69, 9.17) is 20.3 Å². The average molecular weight is 483 g/mol. The van der Waals surface area contributed by atoms with Crippen LogP contribution < -0.4 is 25.8 Å². The molecule has 5 N–H and O–H groups in total. The molecule has 1 heterocycles. The molecule has 0 aromatic heterocycles. The van der Waals surface area contributed by atoms with Crippen molar-refractivity contribution in [2.45, 2.75) is 58.5 Å². The first-order valence-electron chi connectivity index (χ1n) is 11.1. The van der Waals surface area contributed by atoms with Crippen molar-refractivity contribution in [2.24, 2.45) is 16.6 Å². The maximum Gasteiger partial charge on any atom is 0.404 e. The molecule has 0 spiro atoms. The molecule has 1 aliphatic rings. The van der Waals surface area contributed by atoms with Gasteiger partial charge in [0.05, 0.1) is 20.6 Å². The quantitative estimate of drug-likeness (QED) is 0.327. The predicted molar refractivity (Wildman–Crippen MR) is 133 cm³/mol. The van der Waals surface area contributed by atoms with E-state index in [2.05, 4.69) is 29.5 Å². The van der Waals surface area contributed by atoms with E-state index in [1.165, 1.54) is 0 Å². The van der Waals surface area contributed by atoms with Crippen LogP contribution in [0.4, 0.5) is 4.79 Å². The van der Waals surface area contributed by atoms with Crippen molar-refractivity contribution in [3.63, 3.8) is 0 Å². The molecule has 1 atom stereocenters. The predicted octanol–water partition coefficient (Wildman–Crippen LogP) is 3.26. The van der Waals surface area contributed by atoms with Crippen LogP contribution in [0, 0.1) is 5.92 Å². The van der Waals surface area contributed by atoms with E-state index >= 15 is 0 Å². The maximum absolute atomic E-state index is 12.0. The van der Waals surface area contributed by atoms with Gasteiger partial charge in [0.25, 0.3) is 5.91 Å². The summed E-state index contributed by atoms with van der Waals surface area (Å²) < 4.78 is 10.4. The highest BCUT2D eigenvalue weighted by atomic mass is 32.2. The molecule has 0 aliphatic carbocycles. The Labute approximate surface area is 200 Å². The van der Waals surface area contributed by atoms with Crippen LogP contribution in [0.1, 0.15) is 45.6 Å². The number of thioether (sulfide) groups is 1. The van der Waals surface area contributed by atoms with Crippen LogP contribution in [0.15, 0.2) is 23.2 Å². The Morgan fingerprint density at radius 1 is 1.18 bits per heavy atom. The molecule has 1 aliphatic heterocycles. The normalized spacial score (nSPS) is 15.2. The van der Waals surface area contributed by atoms with Gasteiger partial charge in [-0.25, -0.2) is 4.79 Å². The number of hydrogen-bond donors (Lipinski definition) is 4. The largest absolute Gasteiger partial charge is 0.493 e. The minimum atomic E-state index is -0.892. The monoisotopic (exact) mass is 482 g/mol. The highest BCUT2D eigenvalue weighted by Gasteiger charge is 2.14. The number of carbonyl (C=O) groups excluding carboxylic acids is 1. The molecule has 186 valence electrons. The number of benzene rings is 1. The third kappa shape index (κ3) is 12.3. The van der Waals surface area contributed by atoms with Crippen molar-refractivity contribution in [3.8, 4) is 11.5 Å². The highest BCUT2D eigenvalue weighted by molar-refractivity contribution is 7.99. The zero-order valence-electron chi connectivity index (χ0n) is 20.2. The second kappa shape index (κ2) is 15.3. The number of guanidine groups is 1. The van der Waals surface area contributed by atoms with E-state index < -0.39 is 6.09 Å². The summed E-state index contributed by atoms with van der Waals surface area (Å²) in [5.74, 6) is 3.78. The Hall–Kier alpha value is -2.62. The molecule has 9 nitrogen and oxygen atoms in total. The van der Waals surface area contributed by atoms with Crippen molar-refractivity contribution in [1.29, 1.82) is 0 Å². The first-order chi connectivity index (χ1) is 15.6. The third-order valence-electron chi connectivity index (χ3n) is 4.82. The number of aliphatic imine (C=N–C) groups is 1. The van der Waals surface area contributed by atoms with Crippen LogP contribution in [0.5, 0.6) is 11.5 Å². The van der Waals surface area contributed by atoms with Crippen LogP contribution in [-0.2, 0) is 11.2 Å². The van der Waals surface area contributed by atoms with E-state index in [1.807, 2.05) is 18.7 Å². The van der Waals surface area contributed by atoms with E-state index in [9.17, 15) is 9.59 Å². The first kappa shape index (κ1) is 28.4. The van der Waals surface area contributed by atoms with Crippen LogP contribution in [0.3, 0.4) is 0 Å². The summed E-state index contributed by atoms with van der Waals surface area (Å²) in [6, 6.07) is 5.71. The lowest BCUT2D eigenvalue weighted by molar-refractivity contribution is -0.117. The summed E-state index contributed by atoms with van der Waals surface area (Å²) in [5.41, 5.74) is 6.57. The molecule has 0 saturated carbocycles. The number of hydrogen-bond acceptors (Lipinski definition) is 5. The summed E-state index contributed by atoms with van der Waals surface area (Å²) in [6.45, 7) is 6.28. The van der Waals surface area contributed by atoms with Crippen molar-refractivity contribution >= 4 is 29.7 Å². The van der Waals surface area contributed by atoms with E-state index in [1.54, 1.807) is 32.4 Å². The summed E-state index contributed by atoms with van der Waals surface area (Å²) in [5, 5.41) is 13.9. The summed E-state index contributed by atoms with van der Waals surface area (Å²) in [6.07, 6.45) is 2.19. The fourth-order valence-corrected chi connectivity index (χ4v) is 4.51. The Morgan fingerprint density at radius 2 is 1.82 bits per heavy atom. The Kier molecular flexibility index (Phi) is 13.1. The molecule has 2 amide bonds. The highest BCUT2D eigenvalue weighted by Crippen LogP contribution is 2.27. The first-order valence-corrected chi connectivity index (χ1v) is 12.2. The van der Waals surface area contributed by atoms with Gasteiger partial charge < -0.3 is 30.9 Å². The second-order valence-corrected chi connectivity index (χ2v) is 9.49. The van der Waals surface area contributed by atoms with Crippen LogP contribution in [0.2, 0.25) is 0 Å². The maximum atomic E-state index is 12.0. The van der Waals surface area contributed by atoms with Gasteiger partial charge in [0.1, 0.15) is 0 Å². The van der Waals surface area contributed by atoms with Gasteiger partial charge in [0.2, 0.25) is 0 Å². The second-order valence-electron chi connectivity index (χ2n) is 8.27. The number of amides is 2. The smallest absolute Gasteiger partial charge is 0.404 e. The van der Waals surface area contributed by atoms with Crippen molar-refractivity contribution in [3.05, 3.63) is 23.8 Å². The number of methoxy groups -OCH3 is 2. The van der Waals surface area contributed by atoms with Crippen molar-refractivity contribution < 1.29 is 24.2 Å². The molecule has 2 rings (SSSR count). The number of rotatable bonds is 8. The summed E-state index contributed by atoms with van der Waals surface area (Å²) in [7, 11) is 3.12. The van der Waals surface area contributed by atoms with Crippen LogP contribution in [-0.4, -0.2) is 60.9 Å². The van der Waals surface area contributed by atoms with Gasteiger partial charge in [0, 0.05) is 12.1 Å². The van der Waals surface area contributed by atoms with E-state index in [0.717, 1.165) is 36.3 Å². The van der Waals surface area contributed by atoms with E-state index in [-0.39, 0.29) is 30.4 Å². The Bertz CT molecular complexity index is 782. The lowest BCUT2D eigenvalue weighted by atomic mass is 10.1. The number of carboxylic acid groups (broad SMARTS) is 1. The zero-order chi connectivity index (χ0) is 24.8. The molecule has 1 saturated heterocycles. The summed E-state index contributed by atoms with van der Waals surface area (Å²) >= 11 is 1.89. The molecular formula is C23H38N4O5S. The van der Waals surface area contributed by atoms with Gasteiger partial charge in [0.15, 0.2) is 17.5 Å². The minimum Gasteiger partial charge on any atom is -0.493 e. The van der Waals surface area contributed by atoms with Crippen molar-refractivity contribution in [1.82, 2.24) is 10.6 Å². The van der Waals surface area contributed by atoms with Crippen molar-refractivity contribution in [2.75, 3.05) is 25.7 Å². The Morgan fingerprint density at radius 3 is 2.36 bits per heavy atom.